The van der Waals surface area contributed by atoms with Crippen LogP contribution in [0.1, 0.15) is 32.0 Å². The number of carbonyl (C=O) groups excluding carboxylic acids is 3. The summed E-state index contributed by atoms with van der Waals surface area (Å²) in [7, 11) is 0. The first-order chi connectivity index (χ1) is 16.0. The lowest BCUT2D eigenvalue weighted by Crippen LogP contribution is -2.26. The standard InChI is InChI=1S/C26H23N3O4/c1-17-10-12-18(13-11-17)15-27-25(31)20-7-3-5-9-22(20)29-24(30)16-33-26(32)23-14-19-6-2-4-8-21(19)28-23/h2-14,28H,15-16H2,1H3,(H,27,31)(H,29,30). The number of fused-ring (bicyclic) bond motifs is 1. The zero-order valence-corrected chi connectivity index (χ0v) is 18.1. The molecule has 1 aromatic heterocycles. The molecular formula is C26H23N3O4. The molecule has 0 aliphatic rings. The molecular weight excluding hydrogens is 418 g/mol. The van der Waals surface area contributed by atoms with Crippen LogP contribution in [0.2, 0.25) is 0 Å². The van der Waals surface area contributed by atoms with Crippen molar-refractivity contribution < 1.29 is 19.1 Å². The van der Waals surface area contributed by atoms with E-state index in [1.165, 1.54) is 0 Å². The van der Waals surface area contributed by atoms with Crippen molar-refractivity contribution in [3.63, 3.8) is 0 Å². The van der Waals surface area contributed by atoms with Crippen LogP contribution in [0.3, 0.4) is 0 Å². The lowest BCUT2D eigenvalue weighted by molar-refractivity contribution is -0.119. The molecule has 0 spiro atoms. The summed E-state index contributed by atoms with van der Waals surface area (Å²) in [5, 5.41) is 6.37. The number of carbonyl (C=O) groups is 3. The zero-order chi connectivity index (χ0) is 23.2. The highest BCUT2D eigenvalue weighted by atomic mass is 16.5. The Hall–Kier alpha value is -4.39. The zero-order valence-electron chi connectivity index (χ0n) is 18.1. The largest absolute Gasteiger partial charge is 0.451 e. The van der Waals surface area contributed by atoms with Crippen molar-refractivity contribution in [1.82, 2.24) is 10.3 Å². The van der Waals surface area contributed by atoms with Gasteiger partial charge in [0.1, 0.15) is 5.69 Å². The Kier molecular flexibility index (Phi) is 6.50. The monoisotopic (exact) mass is 441 g/mol. The summed E-state index contributed by atoms with van der Waals surface area (Å²) in [6.45, 7) is 1.88. The van der Waals surface area contributed by atoms with Crippen LogP contribution in [0, 0.1) is 6.92 Å². The minimum Gasteiger partial charge on any atom is -0.451 e. The Labute approximate surface area is 190 Å². The molecule has 2 amide bonds. The van der Waals surface area contributed by atoms with Crippen LogP contribution < -0.4 is 10.6 Å². The average molecular weight is 441 g/mol. The van der Waals surface area contributed by atoms with Crippen LogP contribution in [-0.4, -0.2) is 29.4 Å². The smallest absolute Gasteiger partial charge is 0.355 e. The van der Waals surface area contributed by atoms with Gasteiger partial charge in [0.25, 0.3) is 11.8 Å². The number of aryl methyl sites for hydroxylation is 1. The summed E-state index contributed by atoms with van der Waals surface area (Å²) >= 11 is 0. The van der Waals surface area contributed by atoms with E-state index >= 15 is 0 Å². The van der Waals surface area contributed by atoms with E-state index in [0.29, 0.717) is 17.8 Å². The molecule has 0 atom stereocenters. The van der Waals surface area contributed by atoms with Crippen LogP contribution in [0.5, 0.6) is 0 Å². The maximum Gasteiger partial charge on any atom is 0.355 e. The third kappa shape index (κ3) is 5.46. The highest BCUT2D eigenvalue weighted by Gasteiger charge is 2.16. The molecule has 7 heteroatoms. The highest BCUT2D eigenvalue weighted by Crippen LogP contribution is 2.17. The second kappa shape index (κ2) is 9.82. The number of nitrogens with one attached hydrogen (secondary N) is 3. The van der Waals surface area contributed by atoms with E-state index in [1.807, 2.05) is 55.5 Å². The number of aromatic amines is 1. The molecule has 0 aliphatic carbocycles. The van der Waals surface area contributed by atoms with Crippen molar-refractivity contribution in [2.75, 3.05) is 11.9 Å². The number of rotatable bonds is 7. The molecule has 166 valence electrons. The fraction of sp³-hybridized carbons (Fsp3) is 0.115. The molecule has 0 unspecified atom stereocenters. The second-order valence-electron chi connectivity index (χ2n) is 7.61. The van der Waals surface area contributed by atoms with Crippen molar-refractivity contribution in [1.29, 1.82) is 0 Å². The van der Waals surface area contributed by atoms with Crippen molar-refractivity contribution in [2.45, 2.75) is 13.5 Å². The first-order valence-corrected chi connectivity index (χ1v) is 10.5. The summed E-state index contributed by atoms with van der Waals surface area (Å²) in [5.41, 5.74) is 3.84. The fourth-order valence-electron chi connectivity index (χ4n) is 3.35. The van der Waals surface area contributed by atoms with E-state index in [9.17, 15) is 14.4 Å². The third-order valence-electron chi connectivity index (χ3n) is 5.10. The molecule has 7 nitrogen and oxygen atoms in total. The third-order valence-corrected chi connectivity index (χ3v) is 5.10. The Morgan fingerprint density at radius 3 is 2.42 bits per heavy atom. The quantitative estimate of drug-likeness (QED) is 0.374. The minimum atomic E-state index is -0.634. The van der Waals surface area contributed by atoms with Gasteiger partial charge < -0.3 is 20.4 Å². The van der Waals surface area contributed by atoms with E-state index < -0.39 is 18.5 Å². The molecule has 0 radical (unpaired) electrons. The van der Waals surface area contributed by atoms with Crippen molar-refractivity contribution in [3.05, 3.63) is 101 Å². The maximum absolute atomic E-state index is 12.7. The topological polar surface area (TPSA) is 100 Å². The van der Waals surface area contributed by atoms with Crippen LogP contribution in [-0.2, 0) is 16.1 Å². The van der Waals surface area contributed by atoms with Gasteiger partial charge in [0.2, 0.25) is 0 Å². The predicted molar refractivity (Wildman–Crippen MR) is 126 cm³/mol. The van der Waals surface area contributed by atoms with E-state index in [2.05, 4.69) is 15.6 Å². The van der Waals surface area contributed by atoms with Gasteiger partial charge in [-0.2, -0.15) is 0 Å². The number of aromatic nitrogens is 1. The van der Waals surface area contributed by atoms with Gasteiger partial charge in [-0.1, -0.05) is 60.2 Å². The number of H-pyrrole nitrogens is 1. The number of esters is 1. The maximum atomic E-state index is 12.7. The summed E-state index contributed by atoms with van der Waals surface area (Å²) in [6.07, 6.45) is 0. The Bertz CT molecular complexity index is 1280. The Morgan fingerprint density at radius 2 is 1.64 bits per heavy atom. The molecule has 4 aromatic rings. The minimum absolute atomic E-state index is 0.264. The van der Waals surface area contributed by atoms with Gasteiger partial charge in [-0.05, 0) is 36.8 Å². The number of benzene rings is 3. The molecule has 0 bridgehead atoms. The van der Waals surface area contributed by atoms with Crippen molar-refractivity contribution >= 4 is 34.4 Å². The van der Waals surface area contributed by atoms with Gasteiger partial charge in [-0.25, -0.2) is 4.79 Å². The summed E-state index contributed by atoms with van der Waals surface area (Å²) in [4.78, 5) is 40.3. The summed E-state index contributed by atoms with van der Waals surface area (Å²) in [6, 6.07) is 23.6. The first kappa shape index (κ1) is 21.8. The molecule has 0 aliphatic heterocycles. The molecule has 4 rings (SSSR count). The van der Waals surface area contributed by atoms with Gasteiger partial charge in [0.15, 0.2) is 6.61 Å². The van der Waals surface area contributed by atoms with E-state index in [1.54, 1.807) is 30.3 Å². The normalized spacial score (nSPS) is 10.6. The number of ether oxygens (including phenoxy) is 1. The Balaban J connectivity index is 1.34. The number of hydrogen-bond donors (Lipinski definition) is 3. The Morgan fingerprint density at radius 1 is 0.909 bits per heavy atom. The van der Waals surface area contributed by atoms with E-state index in [0.717, 1.165) is 22.0 Å². The van der Waals surface area contributed by atoms with Gasteiger partial charge >= 0.3 is 5.97 Å². The van der Waals surface area contributed by atoms with Crippen molar-refractivity contribution in [2.24, 2.45) is 0 Å². The van der Waals surface area contributed by atoms with Crippen LogP contribution in [0.15, 0.2) is 78.9 Å². The summed E-state index contributed by atoms with van der Waals surface area (Å²) < 4.78 is 5.12. The molecule has 33 heavy (non-hydrogen) atoms. The lowest BCUT2D eigenvalue weighted by Gasteiger charge is -2.12. The molecule has 1 heterocycles. The molecule has 0 fully saturated rings. The number of para-hydroxylation sites is 2. The SMILES string of the molecule is Cc1ccc(CNC(=O)c2ccccc2NC(=O)COC(=O)c2cc3ccccc3[nH]2)cc1. The number of hydrogen-bond acceptors (Lipinski definition) is 4. The first-order valence-electron chi connectivity index (χ1n) is 10.5. The predicted octanol–water partition coefficient (Wildman–Crippen LogP) is 4.20. The van der Waals surface area contributed by atoms with E-state index in [4.69, 9.17) is 4.74 Å². The summed E-state index contributed by atoms with van der Waals surface area (Å²) in [5.74, 6) is -1.50. The molecule has 3 N–H and O–H groups in total. The second-order valence-corrected chi connectivity index (χ2v) is 7.61. The van der Waals surface area contributed by atoms with Gasteiger partial charge in [0.05, 0.1) is 11.3 Å². The fourth-order valence-corrected chi connectivity index (χ4v) is 3.35. The number of amides is 2. The van der Waals surface area contributed by atoms with Gasteiger partial charge in [-0.15, -0.1) is 0 Å². The van der Waals surface area contributed by atoms with E-state index in [-0.39, 0.29) is 11.6 Å². The van der Waals surface area contributed by atoms with Gasteiger partial charge in [0, 0.05) is 17.4 Å². The lowest BCUT2D eigenvalue weighted by atomic mass is 10.1. The van der Waals surface area contributed by atoms with Crippen LogP contribution >= 0.6 is 0 Å². The number of anilines is 1. The molecule has 3 aromatic carbocycles. The van der Waals surface area contributed by atoms with Crippen LogP contribution in [0.4, 0.5) is 5.69 Å². The highest BCUT2D eigenvalue weighted by molar-refractivity contribution is 6.04. The molecule has 0 saturated heterocycles. The molecule has 0 saturated carbocycles. The average Bonchev–Trinajstić information content (AvgIpc) is 3.27. The van der Waals surface area contributed by atoms with Gasteiger partial charge in [-0.3, -0.25) is 9.59 Å². The van der Waals surface area contributed by atoms with Crippen LogP contribution in [0.25, 0.3) is 10.9 Å². The van der Waals surface area contributed by atoms with Crippen molar-refractivity contribution in [3.8, 4) is 0 Å².